The van der Waals surface area contributed by atoms with Crippen LogP contribution in [0.25, 0.3) is 0 Å². The van der Waals surface area contributed by atoms with Crippen molar-refractivity contribution < 1.29 is 4.79 Å². The summed E-state index contributed by atoms with van der Waals surface area (Å²) in [6, 6.07) is 1.65. The zero-order valence-corrected chi connectivity index (χ0v) is 14.8. The minimum Gasteiger partial charge on any atom is -0.338 e. The van der Waals surface area contributed by atoms with E-state index < -0.39 is 0 Å². The molecule has 8 heteroatoms. The van der Waals surface area contributed by atoms with Crippen LogP contribution < -0.4 is 4.90 Å². The van der Waals surface area contributed by atoms with Gasteiger partial charge in [0.15, 0.2) is 0 Å². The van der Waals surface area contributed by atoms with Crippen LogP contribution in [0.15, 0.2) is 29.4 Å². The Morgan fingerprint density at radius 1 is 1.25 bits per heavy atom. The molecule has 0 N–H and O–H groups in total. The molecule has 1 fully saturated rings. The highest BCUT2D eigenvalue weighted by Gasteiger charge is 2.27. The van der Waals surface area contributed by atoms with Crippen LogP contribution in [0, 0.1) is 0 Å². The first-order chi connectivity index (χ1) is 11.6. The van der Waals surface area contributed by atoms with Crippen LogP contribution in [0.3, 0.4) is 0 Å². The maximum atomic E-state index is 12.7. The SMILES string of the molecule is C[C@H](C(=O)N1CCN(c2ncccn2)CC1)N(C)Cc1cscn1. The summed E-state index contributed by atoms with van der Waals surface area (Å²) in [4.78, 5) is 31.7. The number of carbonyl (C=O) groups is 1. The molecule has 1 amide bonds. The van der Waals surface area contributed by atoms with Crippen LogP contribution in [0.2, 0.25) is 0 Å². The molecule has 0 spiro atoms. The van der Waals surface area contributed by atoms with Gasteiger partial charge < -0.3 is 9.80 Å². The number of nitrogens with zero attached hydrogens (tertiary/aromatic N) is 6. The van der Waals surface area contributed by atoms with E-state index in [-0.39, 0.29) is 11.9 Å². The van der Waals surface area contributed by atoms with E-state index >= 15 is 0 Å². The molecule has 0 aliphatic carbocycles. The lowest BCUT2D eigenvalue weighted by Crippen LogP contribution is -2.53. The third-order valence-corrected chi connectivity index (χ3v) is 4.98. The van der Waals surface area contributed by atoms with Crippen LogP contribution in [-0.2, 0) is 11.3 Å². The van der Waals surface area contributed by atoms with Gasteiger partial charge in [-0.3, -0.25) is 9.69 Å². The molecule has 0 bridgehead atoms. The monoisotopic (exact) mass is 346 g/mol. The number of likely N-dealkylation sites (N-methyl/N-ethyl adjacent to an activating group) is 1. The number of rotatable bonds is 5. The number of hydrogen-bond acceptors (Lipinski definition) is 7. The Hall–Kier alpha value is -2.06. The van der Waals surface area contributed by atoms with Gasteiger partial charge in [0.1, 0.15) is 0 Å². The fraction of sp³-hybridized carbons (Fsp3) is 0.500. The summed E-state index contributed by atoms with van der Waals surface area (Å²) >= 11 is 1.58. The van der Waals surface area contributed by atoms with Gasteiger partial charge in [0.25, 0.3) is 0 Å². The van der Waals surface area contributed by atoms with Crippen LogP contribution in [-0.4, -0.2) is 69.9 Å². The summed E-state index contributed by atoms with van der Waals surface area (Å²) in [7, 11) is 1.97. The summed E-state index contributed by atoms with van der Waals surface area (Å²) in [5.41, 5.74) is 2.83. The fourth-order valence-corrected chi connectivity index (χ4v) is 3.29. The van der Waals surface area contributed by atoms with Crippen molar-refractivity contribution in [2.75, 3.05) is 38.1 Å². The highest BCUT2D eigenvalue weighted by Crippen LogP contribution is 2.13. The quantitative estimate of drug-likeness (QED) is 0.808. The Morgan fingerprint density at radius 2 is 1.96 bits per heavy atom. The molecule has 7 nitrogen and oxygen atoms in total. The van der Waals surface area contributed by atoms with Crippen molar-refractivity contribution >= 4 is 23.2 Å². The summed E-state index contributed by atoms with van der Waals surface area (Å²) in [5, 5.41) is 2.02. The van der Waals surface area contributed by atoms with Crippen molar-refractivity contribution in [2.24, 2.45) is 0 Å². The number of amides is 1. The van der Waals surface area contributed by atoms with E-state index in [0.29, 0.717) is 19.6 Å². The summed E-state index contributed by atoms with van der Waals surface area (Å²) < 4.78 is 0. The highest BCUT2D eigenvalue weighted by atomic mass is 32.1. The van der Waals surface area contributed by atoms with Gasteiger partial charge in [-0.1, -0.05) is 0 Å². The number of piperazine rings is 1. The first kappa shape index (κ1) is 16.8. The summed E-state index contributed by atoms with van der Waals surface area (Å²) in [6.07, 6.45) is 3.49. The molecule has 2 aromatic rings. The van der Waals surface area contributed by atoms with E-state index in [1.54, 1.807) is 23.7 Å². The van der Waals surface area contributed by atoms with Gasteiger partial charge in [-0.25, -0.2) is 15.0 Å². The largest absolute Gasteiger partial charge is 0.338 e. The molecule has 0 radical (unpaired) electrons. The lowest BCUT2D eigenvalue weighted by atomic mass is 10.2. The number of aromatic nitrogens is 3. The molecule has 24 heavy (non-hydrogen) atoms. The van der Waals surface area contributed by atoms with Gasteiger partial charge >= 0.3 is 0 Å². The molecule has 1 saturated heterocycles. The van der Waals surface area contributed by atoms with Crippen LogP contribution in [0.5, 0.6) is 0 Å². The van der Waals surface area contributed by atoms with Crippen molar-refractivity contribution in [3.63, 3.8) is 0 Å². The molecule has 2 aromatic heterocycles. The Bertz CT molecular complexity index is 642. The lowest BCUT2D eigenvalue weighted by molar-refractivity contribution is -0.136. The number of thiazole rings is 1. The van der Waals surface area contributed by atoms with E-state index in [1.165, 1.54) is 0 Å². The van der Waals surface area contributed by atoms with E-state index in [9.17, 15) is 4.79 Å². The first-order valence-electron chi connectivity index (χ1n) is 8.03. The van der Waals surface area contributed by atoms with Crippen molar-refractivity contribution in [2.45, 2.75) is 19.5 Å². The van der Waals surface area contributed by atoms with Crippen LogP contribution in [0.1, 0.15) is 12.6 Å². The minimum atomic E-state index is -0.161. The molecule has 128 valence electrons. The minimum absolute atomic E-state index is 0.161. The molecular formula is C16H22N6OS. The molecule has 0 aromatic carbocycles. The topological polar surface area (TPSA) is 65.5 Å². The summed E-state index contributed by atoms with van der Waals surface area (Å²) in [6.45, 7) is 5.57. The second kappa shape index (κ2) is 7.67. The van der Waals surface area contributed by atoms with Gasteiger partial charge in [-0.05, 0) is 20.0 Å². The Morgan fingerprint density at radius 3 is 2.58 bits per heavy atom. The Balaban J connectivity index is 1.52. The number of anilines is 1. The van der Waals surface area contributed by atoms with Crippen molar-refractivity contribution in [1.82, 2.24) is 24.8 Å². The predicted octanol–water partition coefficient (Wildman–Crippen LogP) is 1.10. The zero-order chi connectivity index (χ0) is 16.9. The number of carbonyl (C=O) groups excluding carboxylic acids is 1. The lowest BCUT2D eigenvalue weighted by Gasteiger charge is -2.37. The molecule has 0 unspecified atom stereocenters. The van der Waals surface area contributed by atoms with Crippen molar-refractivity contribution in [3.8, 4) is 0 Å². The van der Waals surface area contributed by atoms with Gasteiger partial charge in [0.05, 0.1) is 17.2 Å². The van der Waals surface area contributed by atoms with Gasteiger partial charge in [0, 0.05) is 50.5 Å². The van der Waals surface area contributed by atoms with Gasteiger partial charge in [0.2, 0.25) is 11.9 Å². The molecule has 1 aliphatic heterocycles. The maximum Gasteiger partial charge on any atom is 0.239 e. The Labute approximate surface area is 146 Å². The molecule has 1 aliphatic rings. The second-order valence-electron chi connectivity index (χ2n) is 5.93. The molecule has 3 heterocycles. The van der Waals surface area contributed by atoms with Crippen LogP contribution in [0.4, 0.5) is 5.95 Å². The Kier molecular flexibility index (Phi) is 5.37. The fourth-order valence-electron chi connectivity index (χ4n) is 2.74. The first-order valence-corrected chi connectivity index (χ1v) is 8.97. The van der Waals surface area contributed by atoms with Crippen molar-refractivity contribution in [1.29, 1.82) is 0 Å². The van der Waals surface area contributed by atoms with Gasteiger partial charge in [-0.15, -0.1) is 11.3 Å². The second-order valence-corrected chi connectivity index (χ2v) is 6.65. The highest BCUT2D eigenvalue weighted by molar-refractivity contribution is 7.07. The maximum absolute atomic E-state index is 12.7. The number of hydrogen-bond donors (Lipinski definition) is 0. The third kappa shape index (κ3) is 3.88. The van der Waals surface area contributed by atoms with Crippen molar-refractivity contribution in [3.05, 3.63) is 35.0 Å². The zero-order valence-electron chi connectivity index (χ0n) is 14.0. The van der Waals surface area contributed by atoms with Gasteiger partial charge in [-0.2, -0.15) is 0 Å². The van der Waals surface area contributed by atoms with E-state index in [1.807, 2.05) is 40.7 Å². The smallest absolute Gasteiger partial charge is 0.239 e. The van der Waals surface area contributed by atoms with E-state index in [0.717, 1.165) is 24.7 Å². The standard InChI is InChI=1S/C16H22N6OS/c1-13(20(2)10-14-11-24-12-19-14)15(23)21-6-8-22(9-7-21)16-17-4-3-5-18-16/h3-5,11-13H,6-10H2,1-2H3/t13-/m1/s1. The van der Waals surface area contributed by atoms with E-state index in [4.69, 9.17) is 0 Å². The predicted molar refractivity (Wildman–Crippen MR) is 93.9 cm³/mol. The third-order valence-electron chi connectivity index (χ3n) is 4.34. The average molecular weight is 346 g/mol. The molecule has 1 atom stereocenters. The van der Waals surface area contributed by atoms with E-state index in [2.05, 4.69) is 19.9 Å². The molecule has 3 rings (SSSR count). The normalized spacial score (nSPS) is 16.5. The average Bonchev–Trinajstić information content (AvgIpc) is 3.14. The molecular weight excluding hydrogens is 324 g/mol. The summed E-state index contributed by atoms with van der Waals surface area (Å²) in [5.74, 6) is 0.902. The van der Waals surface area contributed by atoms with Crippen LogP contribution >= 0.6 is 11.3 Å². The molecule has 0 saturated carbocycles.